The third-order valence-electron chi connectivity index (χ3n) is 6.75. The molecule has 1 saturated carbocycles. The Balaban J connectivity index is 1.21. The van der Waals surface area contributed by atoms with Crippen molar-refractivity contribution in [3.63, 3.8) is 0 Å². The van der Waals surface area contributed by atoms with Gasteiger partial charge in [-0.3, -0.25) is 5.32 Å². The second kappa shape index (κ2) is 10.3. The van der Waals surface area contributed by atoms with Gasteiger partial charge in [-0.25, -0.2) is 18.4 Å². The van der Waals surface area contributed by atoms with Crippen LogP contribution in [0.15, 0.2) is 59.1 Å². The standard InChI is InChI=1S/C29H22F2N2O6S2/c1-14-24(32-28(36)37-15(2)16-6-4-3-5-7-16)26(39-33-14)23-13-22-21(41-23)12-20(40-22)17-10-18(30)25(19(31)11-17)38-29(8-9-29)27(34)35/h3-7,10-13,15H,8-9H2,1-2H3,(H,32,36)(H,34,35). The Kier molecular flexibility index (Phi) is 6.74. The van der Waals surface area contributed by atoms with E-state index in [-0.39, 0.29) is 12.8 Å². The zero-order valence-corrected chi connectivity index (χ0v) is 23.3. The smallest absolute Gasteiger partial charge is 0.412 e. The van der Waals surface area contributed by atoms with Crippen molar-refractivity contribution in [1.82, 2.24) is 5.16 Å². The van der Waals surface area contributed by atoms with Crippen LogP contribution in [0, 0.1) is 18.6 Å². The summed E-state index contributed by atoms with van der Waals surface area (Å²) in [6.07, 6.45) is -0.722. The van der Waals surface area contributed by atoms with Crippen molar-refractivity contribution in [2.45, 2.75) is 38.4 Å². The number of aryl methyl sites for hydroxylation is 1. The second-order valence-corrected chi connectivity index (χ2v) is 11.8. The van der Waals surface area contributed by atoms with Crippen molar-refractivity contribution >= 4 is 49.8 Å². The van der Waals surface area contributed by atoms with Gasteiger partial charge in [0.25, 0.3) is 0 Å². The summed E-state index contributed by atoms with van der Waals surface area (Å²) < 4.78 is 47.5. The van der Waals surface area contributed by atoms with Crippen molar-refractivity contribution in [1.29, 1.82) is 0 Å². The number of anilines is 1. The fourth-order valence-electron chi connectivity index (χ4n) is 4.33. The highest BCUT2D eigenvalue weighted by molar-refractivity contribution is 7.31. The fraction of sp³-hybridized carbons (Fsp3) is 0.207. The average molecular weight is 597 g/mol. The number of fused-ring (bicyclic) bond motifs is 1. The summed E-state index contributed by atoms with van der Waals surface area (Å²) in [5.74, 6) is -3.49. The third kappa shape index (κ3) is 5.16. The van der Waals surface area contributed by atoms with Gasteiger partial charge >= 0.3 is 12.1 Å². The van der Waals surface area contributed by atoms with E-state index in [1.807, 2.05) is 36.4 Å². The fourth-order valence-corrected chi connectivity index (χ4v) is 6.69. The molecule has 1 unspecified atom stereocenters. The molecule has 0 spiro atoms. The van der Waals surface area contributed by atoms with E-state index in [0.29, 0.717) is 32.5 Å². The molecule has 2 aromatic carbocycles. The van der Waals surface area contributed by atoms with Crippen LogP contribution in [0.3, 0.4) is 0 Å². The van der Waals surface area contributed by atoms with Crippen molar-refractivity contribution in [2.24, 2.45) is 0 Å². The van der Waals surface area contributed by atoms with Gasteiger partial charge in [-0.1, -0.05) is 35.5 Å². The number of carboxylic acid groups (broad SMARTS) is 1. The first-order valence-electron chi connectivity index (χ1n) is 12.6. The molecule has 3 heterocycles. The molecule has 0 radical (unpaired) electrons. The Morgan fingerprint density at radius 2 is 1.68 bits per heavy atom. The molecule has 8 nitrogen and oxygen atoms in total. The first-order chi connectivity index (χ1) is 19.6. The van der Waals surface area contributed by atoms with Crippen molar-refractivity contribution in [2.75, 3.05) is 5.32 Å². The number of carbonyl (C=O) groups is 2. The number of nitrogens with one attached hydrogen (secondary N) is 1. The van der Waals surface area contributed by atoms with Crippen molar-refractivity contribution in [3.8, 4) is 26.8 Å². The van der Waals surface area contributed by atoms with E-state index < -0.39 is 41.2 Å². The van der Waals surface area contributed by atoms with Crippen LogP contribution in [0.4, 0.5) is 19.3 Å². The van der Waals surface area contributed by atoms with E-state index in [4.69, 9.17) is 14.0 Å². The molecule has 41 heavy (non-hydrogen) atoms. The minimum absolute atomic E-state index is 0.197. The van der Waals surface area contributed by atoms with E-state index in [9.17, 15) is 23.5 Å². The summed E-state index contributed by atoms with van der Waals surface area (Å²) in [7, 11) is 0. The lowest BCUT2D eigenvalue weighted by Gasteiger charge is -2.15. The van der Waals surface area contributed by atoms with Gasteiger partial charge < -0.3 is 19.1 Å². The Hall–Kier alpha value is -4.29. The van der Waals surface area contributed by atoms with Gasteiger partial charge in [0.2, 0.25) is 11.4 Å². The average Bonchev–Trinajstić information content (AvgIpc) is 3.27. The molecule has 2 N–H and O–H groups in total. The van der Waals surface area contributed by atoms with E-state index >= 15 is 0 Å². The molecule has 210 valence electrons. The van der Waals surface area contributed by atoms with Gasteiger partial charge in [0.05, 0.1) is 4.88 Å². The van der Waals surface area contributed by atoms with Crippen LogP contribution < -0.4 is 10.1 Å². The van der Waals surface area contributed by atoms with Gasteiger partial charge in [0.1, 0.15) is 17.5 Å². The van der Waals surface area contributed by atoms with Gasteiger partial charge in [-0.15, -0.1) is 22.7 Å². The molecule has 5 aromatic rings. The molecular weight excluding hydrogens is 574 g/mol. The van der Waals surface area contributed by atoms with Crippen molar-refractivity contribution < 1.29 is 37.5 Å². The van der Waals surface area contributed by atoms with Gasteiger partial charge in [0.15, 0.2) is 17.4 Å². The Bertz CT molecular complexity index is 1740. The molecule has 1 atom stereocenters. The van der Waals surface area contributed by atoms with Crippen LogP contribution in [0.1, 0.15) is 37.1 Å². The maximum absolute atomic E-state index is 14.8. The predicted octanol–water partition coefficient (Wildman–Crippen LogP) is 8.18. The van der Waals surface area contributed by atoms with Crippen LogP contribution in [-0.2, 0) is 9.53 Å². The molecule has 1 fully saturated rings. The van der Waals surface area contributed by atoms with Gasteiger partial charge in [0, 0.05) is 27.1 Å². The molecule has 1 amide bonds. The summed E-state index contributed by atoms with van der Waals surface area (Å²) in [4.78, 5) is 25.3. The summed E-state index contributed by atoms with van der Waals surface area (Å²) in [5, 5.41) is 16.0. The summed E-state index contributed by atoms with van der Waals surface area (Å²) >= 11 is 2.69. The lowest BCUT2D eigenvalue weighted by molar-refractivity contribution is -0.147. The van der Waals surface area contributed by atoms with Crippen LogP contribution in [0.5, 0.6) is 5.75 Å². The van der Waals surface area contributed by atoms with Gasteiger partial charge in [-0.05, 0) is 49.2 Å². The van der Waals surface area contributed by atoms with Crippen LogP contribution in [0.2, 0.25) is 0 Å². The number of aliphatic carboxylic acids is 1. The number of carboxylic acids is 1. The largest absolute Gasteiger partial charge is 0.478 e. The molecule has 3 aromatic heterocycles. The van der Waals surface area contributed by atoms with E-state index in [2.05, 4.69) is 10.5 Å². The molecule has 1 aliphatic rings. The second-order valence-electron chi connectivity index (χ2n) is 9.68. The van der Waals surface area contributed by atoms with Crippen LogP contribution in [-0.4, -0.2) is 27.9 Å². The number of ether oxygens (including phenoxy) is 2. The number of aromatic nitrogens is 1. The van der Waals surface area contributed by atoms with Crippen LogP contribution in [0.25, 0.3) is 30.5 Å². The Labute approximate surface area is 240 Å². The first-order valence-corrected chi connectivity index (χ1v) is 14.2. The molecular formula is C29H22F2N2O6S2. The quantitative estimate of drug-likeness (QED) is 0.186. The molecule has 0 aliphatic heterocycles. The van der Waals surface area contributed by atoms with Crippen molar-refractivity contribution in [3.05, 3.63) is 77.5 Å². The summed E-state index contributed by atoms with van der Waals surface area (Å²) in [5.41, 5.74) is 0.461. The maximum Gasteiger partial charge on any atom is 0.412 e. The maximum atomic E-state index is 14.8. The molecule has 1 aliphatic carbocycles. The first kappa shape index (κ1) is 26.9. The molecule has 0 saturated heterocycles. The Morgan fingerprint density at radius 1 is 1.05 bits per heavy atom. The lowest BCUT2D eigenvalue weighted by atomic mass is 10.1. The highest BCUT2D eigenvalue weighted by Gasteiger charge is 2.54. The monoisotopic (exact) mass is 596 g/mol. The minimum atomic E-state index is -1.56. The zero-order chi connectivity index (χ0) is 28.9. The van der Waals surface area contributed by atoms with E-state index in [1.165, 1.54) is 22.7 Å². The Morgan fingerprint density at radius 3 is 2.32 bits per heavy atom. The number of hydrogen-bond acceptors (Lipinski definition) is 8. The van der Waals surface area contributed by atoms with E-state index in [1.54, 1.807) is 19.9 Å². The normalized spacial score (nSPS) is 14.5. The summed E-state index contributed by atoms with van der Waals surface area (Å²) in [6, 6.07) is 15.3. The number of nitrogens with zero attached hydrogens (tertiary/aromatic N) is 1. The topological polar surface area (TPSA) is 111 Å². The highest BCUT2D eigenvalue weighted by Crippen LogP contribution is 2.46. The number of benzene rings is 2. The predicted molar refractivity (Wildman–Crippen MR) is 150 cm³/mol. The zero-order valence-electron chi connectivity index (χ0n) is 21.7. The van der Waals surface area contributed by atoms with Crippen LogP contribution >= 0.6 is 22.7 Å². The molecule has 12 heteroatoms. The third-order valence-corrected chi connectivity index (χ3v) is 9.09. The SMILES string of the molecule is Cc1noc(-c2cc3sc(-c4cc(F)c(OC5(C(=O)O)CC5)c(F)c4)cc3s2)c1NC(=O)OC(C)c1ccccc1. The van der Waals surface area contributed by atoms with Gasteiger partial charge in [-0.2, -0.15) is 0 Å². The number of halogens is 2. The highest BCUT2D eigenvalue weighted by atomic mass is 32.1. The molecule has 6 rings (SSSR count). The number of carbonyl (C=O) groups excluding carboxylic acids is 1. The minimum Gasteiger partial charge on any atom is -0.478 e. The number of rotatable bonds is 8. The molecule has 0 bridgehead atoms. The van der Waals surface area contributed by atoms with E-state index in [0.717, 1.165) is 27.1 Å². The number of amides is 1. The number of thiophene rings is 2. The number of hydrogen-bond donors (Lipinski definition) is 2. The lowest BCUT2D eigenvalue weighted by Crippen LogP contribution is -2.29. The summed E-state index contributed by atoms with van der Waals surface area (Å²) in [6.45, 7) is 3.48.